The summed E-state index contributed by atoms with van der Waals surface area (Å²) in [7, 11) is 0. The van der Waals surface area contributed by atoms with Crippen molar-refractivity contribution in [1.29, 1.82) is 0 Å². The summed E-state index contributed by atoms with van der Waals surface area (Å²) in [6, 6.07) is 4.99. The number of aromatic hydroxyl groups is 2. The second-order valence-corrected chi connectivity index (χ2v) is 5.50. The molecule has 2 rings (SSSR count). The van der Waals surface area contributed by atoms with Gasteiger partial charge in [-0.3, -0.25) is 0 Å². The molecule has 0 saturated heterocycles. The van der Waals surface area contributed by atoms with E-state index in [2.05, 4.69) is 17.2 Å². The van der Waals surface area contributed by atoms with Crippen LogP contribution in [-0.4, -0.2) is 15.2 Å². The molecule has 3 N–H and O–H groups in total. The van der Waals surface area contributed by atoms with Crippen molar-refractivity contribution >= 4 is 11.3 Å². The Kier molecular flexibility index (Phi) is 3.84. The van der Waals surface area contributed by atoms with Crippen LogP contribution >= 0.6 is 11.3 Å². The van der Waals surface area contributed by atoms with E-state index in [9.17, 15) is 10.2 Å². The molecule has 0 bridgehead atoms. The summed E-state index contributed by atoms with van der Waals surface area (Å²) in [6.07, 6.45) is 1.87. The van der Waals surface area contributed by atoms with Crippen LogP contribution in [0.25, 0.3) is 0 Å². The number of nitrogens with zero attached hydrogens (tertiary/aromatic N) is 1. The molecule has 0 saturated carbocycles. The second-order valence-electron chi connectivity index (χ2n) is 4.23. The molecule has 96 valence electrons. The van der Waals surface area contributed by atoms with Crippen molar-refractivity contribution in [1.82, 2.24) is 10.3 Å². The van der Waals surface area contributed by atoms with Gasteiger partial charge in [0.1, 0.15) is 5.01 Å². The average Bonchev–Trinajstić information content (AvgIpc) is 2.77. The first kappa shape index (κ1) is 12.9. The molecule has 1 atom stereocenters. The molecule has 0 spiro atoms. The monoisotopic (exact) mass is 264 g/mol. The lowest BCUT2D eigenvalue weighted by atomic mass is 10.2. The highest BCUT2D eigenvalue weighted by molar-refractivity contribution is 7.11. The van der Waals surface area contributed by atoms with E-state index in [-0.39, 0.29) is 17.5 Å². The maximum atomic E-state index is 9.40. The number of benzene rings is 1. The van der Waals surface area contributed by atoms with Crippen LogP contribution < -0.4 is 5.32 Å². The lowest BCUT2D eigenvalue weighted by Gasteiger charge is -2.11. The number of hydrogen-bond acceptors (Lipinski definition) is 5. The molecular formula is C13H16N2O2S. The number of phenolic OH excluding ortho intramolecular Hbond substituents is 2. The van der Waals surface area contributed by atoms with Crippen LogP contribution in [0.15, 0.2) is 24.4 Å². The van der Waals surface area contributed by atoms with E-state index in [1.165, 1.54) is 10.9 Å². The molecule has 1 aromatic carbocycles. The summed E-state index contributed by atoms with van der Waals surface area (Å²) >= 11 is 1.67. The van der Waals surface area contributed by atoms with E-state index in [1.54, 1.807) is 23.5 Å². The zero-order valence-corrected chi connectivity index (χ0v) is 11.2. The van der Waals surface area contributed by atoms with Crippen LogP contribution in [0, 0.1) is 6.92 Å². The van der Waals surface area contributed by atoms with Gasteiger partial charge in [0.05, 0.1) is 6.04 Å². The molecule has 0 fully saturated rings. The van der Waals surface area contributed by atoms with Gasteiger partial charge in [-0.05, 0) is 31.5 Å². The zero-order chi connectivity index (χ0) is 13.1. The number of phenols is 2. The smallest absolute Gasteiger partial charge is 0.157 e. The molecule has 0 aliphatic carbocycles. The maximum Gasteiger partial charge on any atom is 0.157 e. The number of rotatable bonds is 4. The van der Waals surface area contributed by atoms with Crippen molar-refractivity contribution < 1.29 is 10.2 Å². The van der Waals surface area contributed by atoms with Crippen molar-refractivity contribution in [3.63, 3.8) is 0 Å². The standard InChI is InChI=1S/C13H16N2O2S/c1-8-6-15-13(18-8)9(2)14-7-10-3-4-11(16)12(17)5-10/h3-6,9,14,16-17H,7H2,1-2H3. The van der Waals surface area contributed by atoms with Crippen molar-refractivity contribution in [2.45, 2.75) is 26.4 Å². The summed E-state index contributed by atoms with van der Waals surface area (Å²) in [5, 5.41) is 23.0. The van der Waals surface area contributed by atoms with Gasteiger partial charge in [-0.15, -0.1) is 11.3 Å². The van der Waals surface area contributed by atoms with Crippen LogP contribution in [-0.2, 0) is 6.54 Å². The number of thiazole rings is 1. The zero-order valence-electron chi connectivity index (χ0n) is 10.3. The normalized spacial score (nSPS) is 12.6. The molecular weight excluding hydrogens is 248 g/mol. The summed E-state index contributed by atoms with van der Waals surface area (Å²) < 4.78 is 0. The van der Waals surface area contributed by atoms with Gasteiger partial charge in [-0.25, -0.2) is 4.98 Å². The van der Waals surface area contributed by atoms with Crippen LogP contribution in [0.5, 0.6) is 11.5 Å². The SMILES string of the molecule is Cc1cnc(C(C)NCc2ccc(O)c(O)c2)s1. The Hall–Kier alpha value is -1.59. The fourth-order valence-electron chi connectivity index (χ4n) is 1.61. The van der Waals surface area contributed by atoms with Gasteiger partial charge in [0, 0.05) is 17.6 Å². The molecule has 18 heavy (non-hydrogen) atoms. The van der Waals surface area contributed by atoms with Crippen LogP contribution in [0.1, 0.15) is 28.4 Å². The first-order valence-electron chi connectivity index (χ1n) is 5.73. The third-order valence-electron chi connectivity index (χ3n) is 2.66. The Bertz CT molecular complexity index is 540. The molecule has 1 unspecified atom stereocenters. The van der Waals surface area contributed by atoms with Gasteiger partial charge in [0.15, 0.2) is 11.5 Å². The minimum Gasteiger partial charge on any atom is -0.504 e. The first-order chi connectivity index (χ1) is 8.56. The minimum absolute atomic E-state index is 0.0907. The maximum absolute atomic E-state index is 9.40. The van der Waals surface area contributed by atoms with Crippen molar-refractivity contribution in [3.05, 3.63) is 39.8 Å². The number of aryl methyl sites for hydroxylation is 1. The Morgan fingerprint density at radius 2 is 2.11 bits per heavy atom. The molecule has 0 radical (unpaired) electrons. The van der Waals surface area contributed by atoms with E-state index in [0.717, 1.165) is 10.6 Å². The van der Waals surface area contributed by atoms with Gasteiger partial charge in [0.2, 0.25) is 0 Å². The predicted molar refractivity (Wildman–Crippen MR) is 71.9 cm³/mol. The Morgan fingerprint density at radius 3 is 2.72 bits per heavy atom. The fourth-order valence-corrected chi connectivity index (χ4v) is 2.41. The Labute approximate surface area is 110 Å². The predicted octanol–water partition coefficient (Wildman–Crippen LogP) is 2.71. The topological polar surface area (TPSA) is 65.4 Å². The quantitative estimate of drug-likeness (QED) is 0.743. The summed E-state index contributed by atoms with van der Waals surface area (Å²) in [4.78, 5) is 5.52. The van der Waals surface area contributed by atoms with E-state index in [0.29, 0.717) is 6.54 Å². The van der Waals surface area contributed by atoms with Crippen LogP contribution in [0.2, 0.25) is 0 Å². The third-order valence-corrected chi connectivity index (χ3v) is 3.76. The van der Waals surface area contributed by atoms with E-state index < -0.39 is 0 Å². The number of aromatic nitrogens is 1. The molecule has 4 nitrogen and oxygen atoms in total. The average molecular weight is 264 g/mol. The number of hydrogen-bond donors (Lipinski definition) is 3. The van der Waals surface area contributed by atoms with Gasteiger partial charge in [0.25, 0.3) is 0 Å². The lowest BCUT2D eigenvalue weighted by molar-refractivity contribution is 0.402. The highest BCUT2D eigenvalue weighted by Crippen LogP contribution is 2.25. The summed E-state index contributed by atoms with van der Waals surface area (Å²) in [6.45, 7) is 4.71. The summed E-state index contributed by atoms with van der Waals surface area (Å²) in [5.41, 5.74) is 0.922. The van der Waals surface area contributed by atoms with Gasteiger partial charge >= 0.3 is 0 Å². The first-order valence-corrected chi connectivity index (χ1v) is 6.54. The van der Waals surface area contributed by atoms with Crippen LogP contribution in [0.3, 0.4) is 0 Å². The van der Waals surface area contributed by atoms with Gasteiger partial charge < -0.3 is 15.5 Å². The second kappa shape index (κ2) is 5.37. The van der Waals surface area contributed by atoms with Gasteiger partial charge in [-0.2, -0.15) is 0 Å². The van der Waals surface area contributed by atoms with E-state index in [1.807, 2.05) is 13.1 Å². The molecule has 0 aliphatic rings. The number of nitrogens with one attached hydrogen (secondary N) is 1. The minimum atomic E-state index is -0.0950. The van der Waals surface area contributed by atoms with E-state index >= 15 is 0 Å². The highest BCUT2D eigenvalue weighted by Gasteiger charge is 2.09. The third kappa shape index (κ3) is 3.00. The molecule has 2 aromatic rings. The van der Waals surface area contributed by atoms with Crippen molar-refractivity contribution in [2.75, 3.05) is 0 Å². The molecule has 5 heteroatoms. The molecule has 1 heterocycles. The molecule has 1 aromatic heterocycles. The highest BCUT2D eigenvalue weighted by atomic mass is 32.1. The fraction of sp³-hybridized carbons (Fsp3) is 0.308. The molecule has 0 aliphatic heterocycles. The Balaban J connectivity index is 1.97. The summed E-state index contributed by atoms with van der Waals surface area (Å²) in [5.74, 6) is -0.186. The lowest BCUT2D eigenvalue weighted by Crippen LogP contribution is -2.17. The Morgan fingerprint density at radius 1 is 1.33 bits per heavy atom. The van der Waals surface area contributed by atoms with Gasteiger partial charge in [-0.1, -0.05) is 6.07 Å². The largest absolute Gasteiger partial charge is 0.504 e. The van der Waals surface area contributed by atoms with Crippen molar-refractivity contribution in [3.8, 4) is 11.5 Å². The van der Waals surface area contributed by atoms with Crippen molar-refractivity contribution in [2.24, 2.45) is 0 Å². The van der Waals surface area contributed by atoms with E-state index in [4.69, 9.17) is 0 Å². The molecule has 0 amide bonds. The van der Waals surface area contributed by atoms with Crippen LogP contribution in [0.4, 0.5) is 0 Å².